The molecule has 2 rings (SSSR count). The molecule has 1 saturated carbocycles. The number of benzene rings is 1. The molecule has 0 amide bonds. The van der Waals surface area contributed by atoms with Gasteiger partial charge >= 0.3 is 0 Å². The van der Waals surface area contributed by atoms with Crippen molar-refractivity contribution in [3.8, 4) is 5.75 Å². The van der Waals surface area contributed by atoms with Crippen LogP contribution in [0.25, 0.3) is 0 Å². The molecule has 1 aliphatic rings. The van der Waals surface area contributed by atoms with E-state index in [1.165, 1.54) is 37.3 Å². The van der Waals surface area contributed by atoms with Crippen molar-refractivity contribution in [3.05, 3.63) is 24.3 Å². The molecular weight excluding hydrogens is 200 g/mol. The minimum Gasteiger partial charge on any atom is -0.497 e. The fraction of sp³-hybridized carbons (Fsp3) is 0.538. The van der Waals surface area contributed by atoms with Crippen LogP contribution < -0.4 is 9.92 Å². The average Bonchev–Trinajstić information content (AvgIpc) is 2.31. The van der Waals surface area contributed by atoms with Crippen molar-refractivity contribution in [2.75, 3.05) is 7.11 Å². The SMILES string of the molecule is COc1ccccc1[SiH2]C1CCCCC1. The van der Waals surface area contributed by atoms with Gasteiger partial charge in [-0.3, -0.25) is 0 Å². The van der Waals surface area contributed by atoms with E-state index in [-0.39, 0.29) is 9.52 Å². The molecule has 0 aromatic heterocycles. The molecule has 1 nitrogen and oxygen atoms in total. The maximum Gasteiger partial charge on any atom is 0.117 e. The van der Waals surface area contributed by atoms with E-state index in [9.17, 15) is 0 Å². The summed E-state index contributed by atoms with van der Waals surface area (Å²) in [6.07, 6.45) is 7.28. The Labute approximate surface area is 94.7 Å². The maximum atomic E-state index is 5.42. The highest BCUT2D eigenvalue weighted by atomic mass is 28.2. The van der Waals surface area contributed by atoms with E-state index >= 15 is 0 Å². The molecule has 0 heterocycles. The van der Waals surface area contributed by atoms with Crippen molar-refractivity contribution in [3.63, 3.8) is 0 Å². The smallest absolute Gasteiger partial charge is 0.117 e. The Hall–Kier alpha value is -0.763. The van der Waals surface area contributed by atoms with Crippen molar-refractivity contribution in [1.29, 1.82) is 0 Å². The van der Waals surface area contributed by atoms with Crippen LogP contribution in [0.15, 0.2) is 24.3 Å². The zero-order valence-corrected chi connectivity index (χ0v) is 11.0. The first-order chi connectivity index (χ1) is 7.40. The molecule has 82 valence electrons. The second kappa shape index (κ2) is 5.36. The average molecular weight is 220 g/mol. The Bertz CT molecular complexity index is 305. The quantitative estimate of drug-likeness (QED) is 0.710. The lowest BCUT2D eigenvalue weighted by molar-refractivity contribution is 0.418. The molecule has 1 fully saturated rings. The Morgan fingerprint density at radius 2 is 1.87 bits per heavy atom. The Morgan fingerprint density at radius 3 is 2.60 bits per heavy atom. The van der Waals surface area contributed by atoms with Gasteiger partial charge in [-0.2, -0.15) is 0 Å². The summed E-state index contributed by atoms with van der Waals surface area (Å²) < 4.78 is 5.42. The van der Waals surface area contributed by atoms with Gasteiger partial charge in [0.05, 0.1) is 16.6 Å². The number of para-hydroxylation sites is 1. The number of hydrogen-bond donors (Lipinski definition) is 0. The van der Waals surface area contributed by atoms with Gasteiger partial charge < -0.3 is 4.74 Å². The maximum absolute atomic E-state index is 5.42. The van der Waals surface area contributed by atoms with Gasteiger partial charge in [-0.15, -0.1) is 0 Å². The van der Waals surface area contributed by atoms with Crippen molar-refractivity contribution < 1.29 is 4.74 Å². The summed E-state index contributed by atoms with van der Waals surface area (Å²) in [5.74, 6) is 1.12. The van der Waals surface area contributed by atoms with Crippen LogP contribution in [0.4, 0.5) is 0 Å². The zero-order chi connectivity index (χ0) is 10.5. The first-order valence-electron chi connectivity index (χ1n) is 6.02. The highest BCUT2D eigenvalue weighted by molar-refractivity contribution is 6.56. The van der Waals surface area contributed by atoms with E-state index in [1.807, 2.05) is 0 Å². The van der Waals surface area contributed by atoms with Crippen LogP contribution in [-0.2, 0) is 0 Å². The third-order valence-corrected chi connectivity index (χ3v) is 5.84. The lowest BCUT2D eigenvalue weighted by Crippen LogP contribution is -2.22. The van der Waals surface area contributed by atoms with E-state index in [1.54, 1.807) is 7.11 Å². The second-order valence-corrected chi connectivity index (χ2v) is 6.84. The fourth-order valence-corrected chi connectivity index (χ4v) is 4.92. The minimum atomic E-state index is -0.122. The van der Waals surface area contributed by atoms with Crippen molar-refractivity contribution in [1.82, 2.24) is 0 Å². The molecule has 0 atom stereocenters. The van der Waals surface area contributed by atoms with Crippen LogP contribution in [-0.4, -0.2) is 16.6 Å². The van der Waals surface area contributed by atoms with Gasteiger partial charge in [0, 0.05) is 0 Å². The topological polar surface area (TPSA) is 9.23 Å². The van der Waals surface area contributed by atoms with Gasteiger partial charge in [-0.1, -0.05) is 50.3 Å². The summed E-state index contributed by atoms with van der Waals surface area (Å²) in [6.45, 7) is 0. The highest BCUT2D eigenvalue weighted by Crippen LogP contribution is 2.28. The molecule has 0 N–H and O–H groups in total. The largest absolute Gasteiger partial charge is 0.497 e. The van der Waals surface area contributed by atoms with Crippen molar-refractivity contribution in [2.24, 2.45) is 0 Å². The summed E-state index contributed by atoms with van der Waals surface area (Å²) in [6, 6.07) is 8.58. The normalized spacial score (nSPS) is 18.5. The van der Waals surface area contributed by atoms with Gasteiger partial charge in [-0.05, 0) is 16.8 Å². The highest BCUT2D eigenvalue weighted by Gasteiger charge is 2.16. The first kappa shape index (κ1) is 10.7. The molecule has 0 saturated heterocycles. The first-order valence-corrected chi connectivity index (χ1v) is 7.54. The van der Waals surface area contributed by atoms with E-state index in [4.69, 9.17) is 4.74 Å². The summed E-state index contributed by atoms with van der Waals surface area (Å²) in [5.41, 5.74) is 1.02. The summed E-state index contributed by atoms with van der Waals surface area (Å²) >= 11 is 0. The minimum absolute atomic E-state index is 0.122. The third kappa shape index (κ3) is 2.85. The van der Waals surface area contributed by atoms with Gasteiger partial charge in [0.2, 0.25) is 0 Å². The zero-order valence-electron chi connectivity index (χ0n) is 9.54. The Morgan fingerprint density at radius 1 is 1.13 bits per heavy atom. The second-order valence-electron chi connectivity index (χ2n) is 4.52. The number of hydrogen-bond acceptors (Lipinski definition) is 1. The van der Waals surface area contributed by atoms with E-state index < -0.39 is 0 Å². The fourth-order valence-electron chi connectivity index (χ4n) is 2.57. The molecule has 2 heteroatoms. The van der Waals surface area contributed by atoms with E-state index in [0.29, 0.717) is 0 Å². The summed E-state index contributed by atoms with van der Waals surface area (Å²) in [4.78, 5) is 0. The Kier molecular flexibility index (Phi) is 3.84. The number of rotatable bonds is 3. The van der Waals surface area contributed by atoms with Gasteiger partial charge in [0.15, 0.2) is 0 Å². The van der Waals surface area contributed by atoms with Crippen LogP contribution in [0.3, 0.4) is 0 Å². The van der Waals surface area contributed by atoms with Crippen LogP contribution in [0, 0.1) is 0 Å². The molecule has 0 bridgehead atoms. The number of methoxy groups -OCH3 is 1. The molecule has 0 spiro atoms. The molecule has 0 unspecified atom stereocenters. The predicted octanol–water partition coefficient (Wildman–Crippen LogP) is 2.24. The van der Waals surface area contributed by atoms with Crippen LogP contribution >= 0.6 is 0 Å². The van der Waals surface area contributed by atoms with Crippen molar-refractivity contribution in [2.45, 2.75) is 37.6 Å². The van der Waals surface area contributed by atoms with Crippen LogP contribution in [0.2, 0.25) is 5.54 Å². The standard InChI is InChI=1S/C13H20OSi/c1-14-12-9-5-6-10-13(12)15-11-7-3-2-4-8-11/h5-6,9-11H,2-4,7-8,15H2,1H3. The molecule has 0 aliphatic heterocycles. The Balaban J connectivity index is 2.02. The molecule has 1 aromatic rings. The van der Waals surface area contributed by atoms with Gasteiger partial charge in [-0.25, -0.2) is 0 Å². The molecular formula is C13H20OSi. The summed E-state index contributed by atoms with van der Waals surface area (Å²) in [7, 11) is 1.66. The van der Waals surface area contributed by atoms with E-state index in [2.05, 4.69) is 24.3 Å². The van der Waals surface area contributed by atoms with Crippen molar-refractivity contribution >= 4 is 14.7 Å². The molecule has 15 heavy (non-hydrogen) atoms. The molecule has 1 aromatic carbocycles. The molecule has 0 radical (unpaired) electrons. The lowest BCUT2D eigenvalue weighted by atomic mass is 10.0. The van der Waals surface area contributed by atoms with E-state index in [0.717, 1.165) is 11.3 Å². The predicted molar refractivity (Wildman–Crippen MR) is 68.0 cm³/mol. The summed E-state index contributed by atoms with van der Waals surface area (Å²) in [5, 5.41) is 1.52. The van der Waals surface area contributed by atoms with Crippen LogP contribution in [0.5, 0.6) is 5.75 Å². The van der Waals surface area contributed by atoms with Gasteiger partial charge in [0.25, 0.3) is 0 Å². The molecule has 1 aliphatic carbocycles. The third-order valence-electron chi connectivity index (χ3n) is 3.43. The monoisotopic (exact) mass is 220 g/mol. The van der Waals surface area contributed by atoms with Gasteiger partial charge in [0.1, 0.15) is 5.75 Å². The number of ether oxygens (including phenoxy) is 1. The van der Waals surface area contributed by atoms with Crippen LogP contribution in [0.1, 0.15) is 32.1 Å². The lowest BCUT2D eigenvalue weighted by Gasteiger charge is -2.21.